The van der Waals surface area contributed by atoms with E-state index in [9.17, 15) is 17.6 Å². The van der Waals surface area contributed by atoms with Gasteiger partial charge in [-0.15, -0.1) is 0 Å². The fourth-order valence-electron chi connectivity index (χ4n) is 0.902. The summed E-state index contributed by atoms with van der Waals surface area (Å²) in [6, 6.07) is 0.635. The van der Waals surface area contributed by atoms with Crippen LogP contribution in [0.4, 0.5) is 17.6 Å². The highest BCUT2D eigenvalue weighted by molar-refractivity contribution is 6.58. The first-order chi connectivity index (χ1) is 7.71. The van der Waals surface area contributed by atoms with E-state index in [0.29, 0.717) is 13.0 Å². The monoisotopic (exact) mass is 253 g/mol. The summed E-state index contributed by atoms with van der Waals surface area (Å²) in [5.74, 6) is -2.05. The van der Waals surface area contributed by atoms with Crippen molar-refractivity contribution in [3.63, 3.8) is 0 Å². The van der Waals surface area contributed by atoms with Crippen LogP contribution in [0.3, 0.4) is 0 Å². The SMILES string of the molecule is CC(Oc1ncc(B(O)O)cc1F)C(F)(F)F. The number of hydrogen-bond donors (Lipinski definition) is 2. The Bertz CT molecular complexity index is 399. The Balaban J connectivity index is 2.87. The van der Waals surface area contributed by atoms with Crippen LogP contribution in [0, 0.1) is 5.82 Å². The number of aromatic nitrogens is 1. The smallest absolute Gasteiger partial charge is 0.463 e. The van der Waals surface area contributed by atoms with Gasteiger partial charge in [0.1, 0.15) is 0 Å². The van der Waals surface area contributed by atoms with Crippen LogP contribution < -0.4 is 10.2 Å². The van der Waals surface area contributed by atoms with Gasteiger partial charge >= 0.3 is 13.3 Å². The third-order valence-electron chi connectivity index (χ3n) is 1.88. The molecule has 1 aromatic heterocycles. The van der Waals surface area contributed by atoms with Gasteiger partial charge in [-0.05, 0) is 13.0 Å². The van der Waals surface area contributed by atoms with Gasteiger partial charge in [0.25, 0.3) is 5.88 Å². The molecule has 1 aromatic rings. The van der Waals surface area contributed by atoms with Crippen molar-refractivity contribution in [2.75, 3.05) is 0 Å². The molecule has 1 atom stereocenters. The average Bonchev–Trinajstić information content (AvgIpc) is 2.19. The topological polar surface area (TPSA) is 62.6 Å². The van der Waals surface area contributed by atoms with Crippen molar-refractivity contribution in [3.8, 4) is 5.88 Å². The predicted molar refractivity (Wildman–Crippen MR) is 50.2 cm³/mol. The molecule has 94 valence electrons. The molecule has 9 heteroatoms. The normalized spacial score (nSPS) is 13.4. The molecule has 4 nitrogen and oxygen atoms in total. The van der Waals surface area contributed by atoms with Gasteiger partial charge < -0.3 is 14.8 Å². The van der Waals surface area contributed by atoms with E-state index in [1.807, 2.05) is 0 Å². The van der Waals surface area contributed by atoms with Crippen LogP contribution in [0.2, 0.25) is 0 Å². The summed E-state index contributed by atoms with van der Waals surface area (Å²) in [5.41, 5.74) is -0.283. The van der Waals surface area contributed by atoms with E-state index in [4.69, 9.17) is 10.0 Å². The standard InChI is InChI=1S/C8H8BF4NO3/c1-4(8(11,12)13)17-7-6(10)2-5(3-14-7)9(15)16/h2-4,15-16H,1H3. The van der Waals surface area contributed by atoms with Gasteiger partial charge in [0.2, 0.25) is 0 Å². The summed E-state index contributed by atoms with van der Waals surface area (Å²) in [6.07, 6.45) is -6.04. The first-order valence-electron chi connectivity index (χ1n) is 4.46. The minimum absolute atomic E-state index is 0.283. The molecule has 2 N–H and O–H groups in total. The van der Waals surface area contributed by atoms with E-state index < -0.39 is 31.1 Å². The molecule has 1 rings (SSSR count). The number of ether oxygens (including phenoxy) is 1. The van der Waals surface area contributed by atoms with Gasteiger partial charge in [-0.25, -0.2) is 9.37 Å². The summed E-state index contributed by atoms with van der Waals surface area (Å²) in [5, 5.41) is 17.4. The maximum Gasteiger partial charge on any atom is 0.490 e. The van der Waals surface area contributed by atoms with Crippen molar-refractivity contribution in [1.82, 2.24) is 4.98 Å². The zero-order valence-electron chi connectivity index (χ0n) is 8.57. The minimum atomic E-state index is -4.64. The maximum absolute atomic E-state index is 13.2. The van der Waals surface area contributed by atoms with Crippen LogP contribution in [-0.4, -0.2) is 34.4 Å². The first kappa shape index (κ1) is 13.7. The van der Waals surface area contributed by atoms with Crippen LogP contribution >= 0.6 is 0 Å². The molecule has 17 heavy (non-hydrogen) atoms. The molecule has 0 fully saturated rings. The van der Waals surface area contributed by atoms with Crippen molar-refractivity contribution in [1.29, 1.82) is 0 Å². The number of halogens is 4. The fraction of sp³-hybridized carbons (Fsp3) is 0.375. The minimum Gasteiger partial charge on any atom is -0.463 e. The van der Waals surface area contributed by atoms with E-state index in [0.717, 1.165) is 6.20 Å². The largest absolute Gasteiger partial charge is 0.490 e. The van der Waals surface area contributed by atoms with Gasteiger partial charge in [0.05, 0.1) is 0 Å². The van der Waals surface area contributed by atoms with Crippen molar-refractivity contribution in [3.05, 3.63) is 18.1 Å². The number of nitrogens with zero attached hydrogens (tertiary/aromatic N) is 1. The van der Waals surface area contributed by atoms with Crippen molar-refractivity contribution < 1.29 is 32.3 Å². The summed E-state index contributed by atoms with van der Waals surface area (Å²) >= 11 is 0. The van der Waals surface area contributed by atoms with Gasteiger partial charge in [0, 0.05) is 11.7 Å². The quantitative estimate of drug-likeness (QED) is 0.597. The molecule has 0 aliphatic carbocycles. The van der Waals surface area contributed by atoms with E-state index in [1.165, 1.54) is 0 Å². The second-order valence-electron chi connectivity index (χ2n) is 3.23. The lowest BCUT2D eigenvalue weighted by Crippen LogP contribution is -2.33. The zero-order chi connectivity index (χ0) is 13.2. The highest BCUT2D eigenvalue weighted by Gasteiger charge is 2.38. The van der Waals surface area contributed by atoms with Crippen LogP contribution in [0.1, 0.15) is 6.92 Å². The molecule has 0 radical (unpaired) electrons. The molecular formula is C8H8BF4NO3. The van der Waals surface area contributed by atoms with Crippen LogP contribution in [0.15, 0.2) is 12.3 Å². The molecule has 1 unspecified atom stereocenters. The third-order valence-corrected chi connectivity index (χ3v) is 1.88. The summed E-state index contributed by atoms with van der Waals surface area (Å²) in [7, 11) is -1.95. The van der Waals surface area contributed by atoms with Crippen LogP contribution in [0.25, 0.3) is 0 Å². The summed E-state index contributed by atoms with van der Waals surface area (Å²) < 4.78 is 53.8. The van der Waals surface area contributed by atoms with E-state index in [1.54, 1.807) is 0 Å². The van der Waals surface area contributed by atoms with Crippen LogP contribution in [-0.2, 0) is 0 Å². The molecule has 0 aliphatic rings. The second-order valence-corrected chi connectivity index (χ2v) is 3.23. The predicted octanol–water partition coefficient (Wildman–Crippen LogP) is 0.230. The Labute approximate surface area is 94.0 Å². The fourth-order valence-corrected chi connectivity index (χ4v) is 0.902. The molecular weight excluding hydrogens is 245 g/mol. The molecule has 0 aliphatic heterocycles. The first-order valence-corrected chi connectivity index (χ1v) is 4.46. The molecule has 0 aromatic carbocycles. The summed E-state index contributed by atoms with van der Waals surface area (Å²) in [4.78, 5) is 3.24. The average molecular weight is 253 g/mol. The number of hydrogen-bond acceptors (Lipinski definition) is 4. The molecule has 1 heterocycles. The lowest BCUT2D eigenvalue weighted by Gasteiger charge is -2.17. The Morgan fingerprint density at radius 3 is 2.41 bits per heavy atom. The van der Waals surface area contributed by atoms with Crippen molar-refractivity contribution in [2.24, 2.45) is 0 Å². The Kier molecular flexibility index (Phi) is 3.94. The second kappa shape index (κ2) is 4.88. The maximum atomic E-state index is 13.2. The van der Waals surface area contributed by atoms with E-state index in [2.05, 4.69) is 9.72 Å². The van der Waals surface area contributed by atoms with Gasteiger partial charge in [-0.2, -0.15) is 13.2 Å². The lowest BCUT2D eigenvalue weighted by atomic mass is 9.82. The van der Waals surface area contributed by atoms with Crippen LogP contribution in [0.5, 0.6) is 5.88 Å². The van der Waals surface area contributed by atoms with Gasteiger partial charge in [0.15, 0.2) is 11.9 Å². The molecule has 0 spiro atoms. The van der Waals surface area contributed by atoms with Gasteiger partial charge in [-0.1, -0.05) is 0 Å². The Hall–Kier alpha value is -1.35. The molecule has 0 amide bonds. The Morgan fingerprint density at radius 2 is 2.00 bits per heavy atom. The van der Waals surface area contributed by atoms with Crippen molar-refractivity contribution >= 4 is 12.6 Å². The highest BCUT2D eigenvalue weighted by atomic mass is 19.4. The molecule has 0 saturated carbocycles. The summed E-state index contributed by atoms with van der Waals surface area (Å²) in [6.45, 7) is 0.704. The van der Waals surface area contributed by atoms with Gasteiger partial charge in [-0.3, -0.25) is 0 Å². The number of alkyl halides is 3. The highest BCUT2D eigenvalue weighted by Crippen LogP contribution is 2.24. The lowest BCUT2D eigenvalue weighted by molar-refractivity contribution is -0.190. The third kappa shape index (κ3) is 3.57. The number of rotatable bonds is 3. The molecule has 0 saturated heterocycles. The zero-order valence-corrected chi connectivity index (χ0v) is 8.57. The number of pyridine rings is 1. The van der Waals surface area contributed by atoms with E-state index in [-0.39, 0.29) is 5.46 Å². The Morgan fingerprint density at radius 1 is 1.41 bits per heavy atom. The van der Waals surface area contributed by atoms with Crippen molar-refractivity contribution in [2.45, 2.75) is 19.2 Å². The van der Waals surface area contributed by atoms with E-state index >= 15 is 0 Å². The molecule has 0 bridgehead atoms.